The molecule has 0 atom stereocenters. The molecule has 0 aliphatic carbocycles. The SMILES string of the molecule is COC(=O)c1c(NC(=O)CCS(=O)(=O)c2ccccc2)sc2c1CCN(Cc1ccccc1)C2. The van der Waals surface area contributed by atoms with Gasteiger partial charge in [-0.25, -0.2) is 13.2 Å². The molecular weight excluding hydrogens is 472 g/mol. The van der Waals surface area contributed by atoms with E-state index in [0.29, 0.717) is 23.5 Å². The molecule has 178 valence electrons. The quantitative estimate of drug-likeness (QED) is 0.474. The van der Waals surface area contributed by atoms with E-state index < -0.39 is 21.7 Å². The van der Waals surface area contributed by atoms with E-state index in [0.717, 1.165) is 23.5 Å². The number of benzene rings is 2. The van der Waals surface area contributed by atoms with Crippen molar-refractivity contribution in [2.24, 2.45) is 0 Å². The number of sulfone groups is 1. The molecule has 1 amide bonds. The van der Waals surface area contributed by atoms with Gasteiger partial charge in [-0.2, -0.15) is 0 Å². The van der Waals surface area contributed by atoms with Crippen molar-refractivity contribution in [1.29, 1.82) is 0 Å². The Balaban J connectivity index is 1.47. The highest BCUT2D eigenvalue weighted by Crippen LogP contribution is 2.38. The number of anilines is 1. The number of nitrogens with one attached hydrogen (secondary N) is 1. The van der Waals surface area contributed by atoms with Crippen LogP contribution in [-0.4, -0.2) is 44.6 Å². The zero-order valence-electron chi connectivity index (χ0n) is 18.8. The lowest BCUT2D eigenvalue weighted by Crippen LogP contribution is -2.29. The summed E-state index contributed by atoms with van der Waals surface area (Å²) in [6.07, 6.45) is 0.460. The first-order chi connectivity index (χ1) is 16.4. The molecule has 1 aliphatic rings. The van der Waals surface area contributed by atoms with Crippen molar-refractivity contribution in [3.05, 3.63) is 82.2 Å². The molecular formula is C25H26N2O5S2. The third-order valence-corrected chi connectivity index (χ3v) is 8.59. The van der Waals surface area contributed by atoms with Crippen molar-refractivity contribution in [2.75, 3.05) is 24.7 Å². The smallest absolute Gasteiger partial charge is 0.341 e. The van der Waals surface area contributed by atoms with Gasteiger partial charge in [0.25, 0.3) is 0 Å². The largest absolute Gasteiger partial charge is 0.465 e. The van der Waals surface area contributed by atoms with Gasteiger partial charge in [0.05, 0.1) is 23.3 Å². The van der Waals surface area contributed by atoms with Gasteiger partial charge in [-0.15, -0.1) is 11.3 Å². The van der Waals surface area contributed by atoms with E-state index in [1.54, 1.807) is 18.2 Å². The molecule has 0 unspecified atom stereocenters. The fourth-order valence-electron chi connectivity index (χ4n) is 4.00. The molecule has 0 bridgehead atoms. The number of nitrogens with zero attached hydrogens (tertiary/aromatic N) is 1. The number of ether oxygens (including phenoxy) is 1. The van der Waals surface area contributed by atoms with Gasteiger partial charge < -0.3 is 10.1 Å². The van der Waals surface area contributed by atoms with Crippen LogP contribution in [0.1, 0.15) is 32.8 Å². The maximum Gasteiger partial charge on any atom is 0.341 e. The van der Waals surface area contributed by atoms with Crippen LogP contribution in [0.4, 0.5) is 5.00 Å². The lowest BCUT2D eigenvalue weighted by molar-refractivity contribution is -0.115. The van der Waals surface area contributed by atoms with Crippen LogP contribution >= 0.6 is 11.3 Å². The predicted octanol–water partition coefficient (Wildman–Crippen LogP) is 3.90. The predicted molar refractivity (Wildman–Crippen MR) is 132 cm³/mol. The third-order valence-electron chi connectivity index (χ3n) is 5.73. The van der Waals surface area contributed by atoms with Crippen LogP contribution in [0.5, 0.6) is 0 Å². The fraction of sp³-hybridized carbons (Fsp3) is 0.280. The van der Waals surface area contributed by atoms with E-state index in [1.165, 1.54) is 36.1 Å². The summed E-state index contributed by atoms with van der Waals surface area (Å²) in [6.45, 7) is 2.24. The van der Waals surface area contributed by atoms with Crippen molar-refractivity contribution in [3.8, 4) is 0 Å². The second-order valence-corrected chi connectivity index (χ2v) is 11.3. The van der Waals surface area contributed by atoms with Crippen LogP contribution in [0.15, 0.2) is 65.6 Å². The van der Waals surface area contributed by atoms with E-state index in [1.807, 2.05) is 18.2 Å². The molecule has 2 aromatic carbocycles. The van der Waals surface area contributed by atoms with Crippen LogP contribution in [0.25, 0.3) is 0 Å². The summed E-state index contributed by atoms with van der Waals surface area (Å²) in [6, 6.07) is 18.2. The lowest BCUT2D eigenvalue weighted by atomic mass is 10.0. The molecule has 0 saturated heterocycles. The Kier molecular flexibility index (Phi) is 7.45. The van der Waals surface area contributed by atoms with E-state index in [2.05, 4.69) is 22.3 Å². The first kappa shape index (κ1) is 24.1. The Morgan fingerprint density at radius 2 is 1.74 bits per heavy atom. The van der Waals surface area contributed by atoms with Gasteiger partial charge in [0.2, 0.25) is 5.91 Å². The van der Waals surface area contributed by atoms with Crippen molar-refractivity contribution in [2.45, 2.75) is 30.8 Å². The second-order valence-electron chi connectivity index (χ2n) is 8.08. The minimum absolute atomic E-state index is 0.183. The Hall–Kier alpha value is -3.01. The summed E-state index contributed by atoms with van der Waals surface area (Å²) in [7, 11) is -2.26. The molecule has 0 spiro atoms. The average Bonchev–Trinajstić information content (AvgIpc) is 3.20. The molecule has 1 aliphatic heterocycles. The molecule has 2 heterocycles. The van der Waals surface area contributed by atoms with Crippen LogP contribution in [-0.2, 0) is 38.9 Å². The first-order valence-electron chi connectivity index (χ1n) is 10.9. The summed E-state index contributed by atoms with van der Waals surface area (Å²) in [5.74, 6) is -1.27. The monoisotopic (exact) mass is 498 g/mol. The van der Waals surface area contributed by atoms with Gasteiger partial charge in [-0.3, -0.25) is 9.69 Å². The Morgan fingerprint density at radius 3 is 2.41 bits per heavy atom. The Morgan fingerprint density at radius 1 is 1.06 bits per heavy atom. The van der Waals surface area contributed by atoms with E-state index in [-0.39, 0.29) is 17.1 Å². The molecule has 1 N–H and O–H groups in total. The van der Waals surface area contributed by atoms with Gasteiger partial charge in [0, 0.05) is 30.9 Å². The highest BCUT2D eigenvalue weighted by atomic mass is 32.2. The van der Waals surface area contributed by atoms with Gasteiger partial charge in [0.1, 0.15) is 5.00 Å². The minimum atomic E-state index is -3.57. The topological polar surface area (TPSA) is 92.8 Å². The molecule has 4 rings (SSSR count). The fourth-order valence-corrected chi connectivity index (χ4v) is 6.56. The molecule has 0 fully saturated rings. The molecule has 1 aromatic heterocycles. The summed E-state index contributed by atoms with van der Waals surface area (Å²) < 4.78 is 30.0. The maximum atomic E-state index is 12.6. The standard InChI is InChI=1S/C25H26N2O5S2/c1-32-25(29)23-20-12-14-27(16-18-8-4-2-5-9-18)17-21(20)33-24(23)26-22(28)13-15-34(30,31)19-10-6-3-7-11-19/h2-11H,12-17H2,1H3,(H,26,28). The van der Waals surface area contributed by atoms with Crippen LogP contribution < -0.4 is 5.32 Å². The number of esters is 1. The summed E-state index contributed by atoms with van der Waals surface area (Å²) >= 11 is 1.35. The lowest BCUT2D eigenvalue weighted by Gasteiger charge is -2.27. The van der Waals surface area contributed by atoms with Crippen LogP contribution in [0.3, 0.4) is 0 Å². The van der Waals surface area contributed by atoms with E-state index in [4.69, 9.17) is 4.74 Å². The van der Waals surface area contributed by atoms with Crippen molar-refractivity contribution >= 4 is 38.1 Å². The molecule has 3 aromatic rings. The number of thiophene rings is 1. The molecule has 7 nitrogen and oxygen atoms in total. The number of methoxy groups -OCH3 is 1. The number of amides is 1. The number of hydrogen-bond donors (Lipinski definition) is 1. The minimum Gasteiger partial charge on any atom is -0.465 e. The molecule has 0 radical (unpaired) electrons. The zero-order valence-corrected chi connectivity index (χ0v) is 20.5. The molecule has 0 saturated carbocycles. The highest BCUT2D eigenvalue weighted by Gasteiger charge is 2.29. The van der Waals surface area contributed by atoms with Gasteiger partial charge in [0.15, 0.2) is 9.84 Å². The second kappa shape index (κ2) is 10.5. The molecule has 9 heteroatoms. The number of fused-ring (bicyclic) bond motifs is 1. The Bertz CT molecular complexity index is 1270. The first-order valence-corrected chi connectivity index (χ1v) is 13.4. The summed E-state index contributed by atoms with van der Waals surface area (Å²) in [5, 5.41) is 3.18. The number of hydrogen-bond acceptors (Lipinski definition) is 7. The summed E-state index contributed by atoms with van der Waals surface area (Å²) in [4.78, 5) is 28.7. The van der Waals surface area contributed by atoms with Gasteiger partial charge in [-0.1, -0.05) is 48.5 Å². The van der Waals surface area contributed by atoms with Crippen LogP contribution in [0, 0.1) is 0 Å². The van der Waals surface area contributed by atoms with Crippen LogP contribution in [0.2, 0.25) is 0 Å². The van der Waals surface area contributed by atoms with Crippen molar-refractivity contribution in [1.82, 2.24) is 4.90 Å². The molecule has 34 heavy (non-hydrogen) atoms. The van der Waals surface area contributed by atoms with Crippen molar-refractivity contribution in [3.63, 3.8) is 0 Å². The summed E-state index contributed by atoms with van der Waals surface area (Å²) in [5.41, 5.74) is 2.48. The zero-order chi connectivity index (χ0) is 24.1. The Labute approximate surface area is 203 Å². The highest BCUT2D eigenvalue weighted by molar-refractivity contribution is 7.91. The third kappa shape index (κ3) is 5.55. The van der Waals surface area contributed by atoms with E-state index >= 15 is 0 Å². The average molecular weight is 499 g/mol. The number of rotatable bonds is 8. The number of carbonyl (C=O) groups excluding carboxylic acids is 2. The maximum absolute atomic E-state index is 12.6. The normalized spacial score (nSPS) is 13.8. The van der Waals surface area contributed by atoms with Crippen molar-refractivity contribution < 1.29 is 22.7 Å². The van der Waals surface area contributed by atoms with E-state index in [9.17, 15) is 18.0 Å². The van der Waals surface area contributed by atoms with Gasteiger partial charge in [-0.05, 0) is 29.7 Å². The number of carbonyl (C=O) groups is 2. The van der Waals surface area contributed by atoms with Gasteiger partial charge >= 0.3 is 5.97 Å².